The second kappa shape index (κ2) is 7.66. The Hall–Kier alpha value is -0.340. The highest BCUT2D eigenvalue weighted by atomic mass is 16.5. The predicted molar refractivity (Wildman–Crippen MR) is 37.5 cm³/mol. The highest BCUT2D eigenvalue weighted by molar-refractivity contribution is 4.80. The average molecular weight is 130 g/mol. The van der Waals surface area contributed by atoms with E-state index in [1.165, 1.54) is 0 Å². The monoisotopic (exact) mass is 130 g/mol. The molecular weight excluding hydrogens is 116 g/mol. The van der Waals surface area contributed by atoms with Crippen molar-refractivity contribution in [3.63, 3.8) is 0 Å². The first-order valence-corrected chi connectivity index (χ1v) is 3.13. The summed E-state index contributed by atoms with van der Waals surface area (Å²) in [6.45, 7) is 4.12. The lowest BCUT2D eigenvalue weighted by molar-refractivity contribution is 0.176. The molecule has 0 aromatic carbocycles. The molecule has 2 nitrogen and oxygen atoms in total. The third kappa shape index (κ3) is 7.66. The molecule has 0 amide bonds. The van der Waals surface area contributed by atoms with Gasteiger partial charge in [0.2, 0.25) is 0 Å². The van der Waals surface area contributed by atoms with Gasteiger partial charge in [0.05, 0.1) is 13.2 Å². The van der Waals surface area contributed by atoms with Crippen molar-refractivity contribution < 1.29 is 9.47 Å². The van der Waals surface area contributed by atoms with E-state index in [-0.39, 0.29) is 0 Å². The van der Waals surface area contributed by atoms with Gasteiger partial charge in [0.15, 0.2) is 0 Å². The van der Waals surface area contributed by atoms with E-state index in [9.17, 15) is 0 Å². The van der Waals surface area contributed by atoms with Crippen LogP contribution in [-0.4, -0.2) is 26.9 Å². The molecule has 0 aromatic rings. The van der Waals surface area contributed by atoms with Crippen LogP contribution in [0.3, 0.4) is 0 Å². The van der Waals surface area contributed by atoms with Gasteiger partial charge in [-0.25, -0.2) is 0 Å². The number of methoxy groups -OCH3 is 1. The molecule has 0 saturated heterocycles. The molecular formula is C7H14O2. The summed E-state index contributed by atoms with van der Waals surface area (Å²) in [5.41, 5.74) is 0. The molecule has 0 saturated carbocycles. The Bertz CT molecular complexity index is 69.3. The van der Waals surface area contributed by atoms with E-state index >= 15 is 0 Å². The number of hydrogen-bond donors (Lipinski definition) is 0. The van der Waals surface area contributed by atoms with Crippen molar-refractivity contribution in [2.45, 2.75) is 6.92 Å². The predicted octanol–water partition coefficient (Wildman–Crippen LogP) is 1.23. The third-order valence-electron chi connectivity index (χ3n) is 0.848. The maximum absolute atomic E-state index is 5.04. The molecule has 0 bridgehead atoms. The van der Waals surface area contributed by atoms with Crippen molar-refractivity contribution in [3.8, 4) is 0 Å². The maximum Gasteiger partial charge on any atom is 0.0648 e. The molecule has 54 valence electrons. The van der Waals surface area contributed by atoms with Crippen LogP contribution >= 0.6 is 0 Å². The minimum Gasteiger partial charge on any atom is -0.381 e. The van der Waals surface area contributed by atoms with Gasteiger partial charge >= 0.3 is 0 Å². The van der Waals surface area contributed by atoms with Gasteiger partial charge in [0, 0.05) is 13.7 Å². The Labute approximate surface area is 56.5 Å². The van der Waals surface area contributed by atoms with Crippen LogP contribution in [0.25, 0.3) is 0 Å². The zero-order valence-electron chi connectivity index (χ0n) is 6.09. The quantitative estimate of drug-likeness (QED) is 0.411. The highest BCUT2D eigenvalue weighted by Gasteiger charge is 1.74. The van der Waals surface area contributed by atoms with Gasteiger partial charge in [0.25, 0.3) is 0 Å². The summed E-state index contributed by atoms with van der Waals surface area (Å²) in [6, 6.07) is 0. The fourth-order valence-electron chi connectivity index (χ4n) is 0.418. The van der Waals surface area contributed by atoms with Crippen LogP contribution in [0.2, 0.25) is 0 Å². The fraction of sp³-hybridized carbons (Fsp3) is 0.714. The molecule has 0 rings (SSSR count). The second-order valence-electron chi connectivity index (χ2n) is 1.59. The van der Waals surface area contributed by atoms with Crippen molar-refractivity contribution in [2.24, 2.45) is 0 Å². The normalized spacial score (nSPS) is 10.9. The van der Waals surface area contributed by atoms with Gasteiger partial charge in [-0.05, 0) is 6.92 Å². The highest BCUT2D eigenvalue weighted by Crippen LogP contribution is 1.77. The number of hydrogen-bond acceptors (Lipinski definition) is 2. The number of ether oxygens (including phenoxy) is 2. The van der Waals surface area contributed by atoms with Gasteiger partial charge in [0.1, 0.15) is 0 Å². The standard InChI is InChI=1S/C7H14O2/c1-3-9-7-5-4-6-8-2/h4-5H,3,6-7H2,1-2H3/b5-4+. The van der Waals surface area contributed by atoms with E-state index in [2.05, 4.69) is 0 Å². The van der Waals surface area contributed by atoms with Gasteiger partial charge in [-0.1, -0.05) is 12.2 Å². The first kappa shape index (κ1) is 8.66. The van der Waals surface area contributed by atoms with E-state index in [1.54, 1.807) is 7.11 Å². The zero-order valence-corrected chi connectivity index (χ0v) is 6.09. The molecule has 0 radical (unpaired) electrons. The fourth-order valence-corrected chi connectivity index (χ4v) is 0.418. The Balaban J connectivity index is 2.86. The molecule has 2 heteroatoms. The van der Waals surface area contributed by atoms with Crippen LogP contribution in [0.1, 0.15) is 6.92 Å². The van der Waals surface area contributed by atoms with E-state index in [4.69, 9.17) is 9.47 Å². The minimum absolute atomic E-state index is 0.674. The Morgan fingerprint density at radius 1 is 1.22 bits per heavy atom. The third-order valence-corrected chi connectivity index (χ3v) is 0.848. The maximum atomic E-state index is 5.04. The van der Waals surface area contributed by atoms with Crippen LogP contribution in [-0.2, 0) is 9.47 Å². The van der Waals surface area contributed by atoms with Crippen LogP contribution in [0.5, 0.6) is 0 Å². The lowest BCUT2D eigenvalue weighted by Gasteiger charge is -1.91. The van der Waals surface area contributed by atoms with Gasteiger partial charge in [-0.3, -0.25) is 0 Å². The SMILES string of the molecule is CCOC/C=C/COC. The van der Waals surface area contributed by atoms with E-state index in [0.29, 0.717) is 13.2 Å². The molecule has 0 fully saturated rings. The Morgan fingerprint density at radius 3 is 2.44 bits per heavy atom. The summed E-state index contributed by atoms with van der Waals surface area (Å²) in [6.07, 6.45) is 3.89. The summed E-state index contributed by atoms with van der Waals surface area (Å²) in [7, 11) is 1.67. The van der Waals surface area contributed by atoms with Crippen LogP contribution < -0.4 is 0 Å². The average Bonchev–Trinajstić information content (AvgIpc) is 1.89. The second-order valence-corrected chi connectivity index (χ2v) is 1.59. The van der Waals surface area contributed by atoms with Crippen molar-refractivity contribution >= 4 is 0 Å². The zero-order chi connectivity index (χ0) is 6.95. The lowest BCUT2D eigenvalue weighted by Crippen LogP contribution is -1.89. The minimum atomic E-state index is 0.674. The van der Waals surface area contributed by atoms with Crippen molar-refractivity contribution in [2.75, 3.05) is 26.9 Å². The molecule has 0 aliphatic rings. The molecule has 9 heavy (non-hydrogen) atoms. The van der Waals surface area contributed by atoms with Crippen LogP contribution in [0.4, 0.5) is 0 Å². The molecule has 0 aromatic heterocycles. The summed E-state index contributed by atoms with van der Waals surface area (Å²) in [5.74, 6) is 0. The smallest absolute Gasteiger partial charge is 0.0648 e. The first-order chi connectivity index (χ1) is 4.41. The summed E-state index contributed by atoms with van der Waals surface area (Å²) < 4.78 is 9.82. The lowest BCUT2D eigenvalue weighted by atomic mass is 10.5. The molecule has 0 aliphatic heterocycles. The van der Waals surface area contributed by atoms with Gasteiger partial charge < -0.3 is 9.47 Å². The first-order valence-electron chi connectivity index (χ1n) is 3.13. The molecule has 0 unspecified atom stereocenters. The molecule has 0 aliphatic carbocycles. The van der Waals surface area contributed by atoms with Crippen molar-refractivity contribution in [3.05, 3.63) is 12.2 Å². The van der Waals surface area contributed by atoms with E-state index in [0.717, 1.165) is 6.61 Å². The Kier molecular flexibility index (Phi) is 7.37. The molecule has 0 heterocycles. The van der Waals surface area contributed by atoms with Gasteiger partial charge in [-0.2, -0.15) is 0 Å². The summed E-state index contributed by atoms with van der Waals surface area (Å²) >= 11 is 0. The van der Waals surface area contributed by atoms with Crippen LogP contribution in [0.15, 0.2) is 12.2 Å². The molecule has 0 spiro atoms. The largest absolute Gasteiger partial charge is 0.381 e. The van der Waals surface area contributed by atoms with Gasteiger partial charge in [-0.15, -0.1) is 0 Å². The van der Waals surface area contributed by atoms with Crippen molar-refractivity contribution in [1.29, 1.82) is 0 Å². The van der Waals surface area contributed by atoms with E-state index < -0.39 is 0 Å². The van der Waals surface area contributed by atoms with Crippen molar-refractivity contribution in [1.82, 2.24) is 0 Å². The van der Waals surface area contributed by atoms with E-state index in [1.807, 2.05) is 19.1 Å². The molecule has 0 atom stereocenters. The Morgan fingerprint density at radius 2 is 1.89 bits per heavy atom. The molecule has 0 N–H and O–H groups in total. The summed E-state index contributed by atoms with van der Waals surface area (Å²) in [5, 5.41) is 0. The number of rotatable bonds is 5. The van der Waals surface area contributed by atoms with Crippen LogP contribution in [0, 0.1) is 0 Å². The topological polar surface area (TPSA) is 18.5 Å². The summed E-state index contributed by atoms with van der Waals surface area (Å²) in [4.78, 5) is 0.